The maximum atomic E-state index is 13.2. The SMILES string of the molecule is CC(C)N[C@@H]1CCCC[C@H]1N1CC2C(C1)C2(F)F. The molecule has 2 saturated carbocycles. The largest absolute Gasteiger partial charge is 0.310 e. The molecule has 1 saturated heterocycles. The van der Waals surface area contributed by atoms with Gasteiger partial charge in [-0.25, -0.2) is 8.78 Å². The fourth-order valence-corrected chi connectivity index (χ4v) is 3.98. The summed E-state index contributed by atoms with van der Waals surface area (Å²) in [6.45, 7) is 5.58. The van der Waals surface area contributed by atoms with Gasteiger partial charge in [0.1, 0.15) is 0 Å². The second-order valence-electron chi connectivity index (χ2n) is 6.62. The van der Waals surface area contributed by atoms with Gasteiger partial charge in [-0.05, 0) is 12.8 Å². The van der Waals surface area contributed by atoms with Gasteiger partial charge < -0.3 is 5.32 Å². The van der Waals surface area contributed by atoms with Crippen LogP contribution < -0.4 is 5.32 Å². The van der Waals surface area contributed by atoms with E-state index in [2.05, 4.69) is 24.1 Å². The van der Waals surface area contributed by atoms with Gasteiger partial charge in [-0.3, -0.25) is 4.90 Å². The average Bonchev–Trinajstić information content (AvgIpc) is 2.69. The van der Waals surface area contributed by atoms with Gasteiger partial charge >= 0.3 is 0 Å². The summed E-state index contributed by atoms with van der Waals surface area (Å²) < 4.78 is 26.5. The number of likely N-dealkylation sites (tertiary alicyclic amines) is 1. The predicted molar refractivity (Wildman–Crippen MR) is 67.8 cm³/mol. The van der Waals surface area contributed by atoms with E-state index < -0.39 is 5.92 Å². The lowest BCUT2D eigenvalue weighted by Gasteiger charge is -2.40. The summed E-state index contributed by atoms with van der Waals surface area (Å²) in [5.41, 5.74) is 0. The topological polar surface area (TPSA) is 15.3 Å². The Labute approximate surface area is 108 Å². The number of fused-ring (bicyclic) bond motifs is 1. The number of rotatable bonds is 3. The highest BCUT2D eigenvalue weighted by molar-refractivity contribution is 5.13. The van der Waals surface area contributed by atoms with E-state index in [0.717, 1.165) is 0 Å². The molecule has 4 heteroatoms. The van der Waals surface area contributed by atoms with Crippen molar-refractivity contribution in [1.82, 2.24) is 10.2 Å². The molecule has 1 aliphatic heterocycles. The molecule has 3 aliphatic rings. The molecule has 1 N–H and O–H groups in total. The Kier molecular flexibility index (Phi) is 3.14. The van der Waals surface area contributed by atoms with Crippen LogP contribution in [0.1, 0.15) is 39.5 Å². The molecule has 0 aromatic heterocycles. The number of nitrogens with zero attached hydrogens (tertiary/aromatic N) is 1. The third kappa shape index (κ3) is 2.07. The molecule has 0 radical (unpaired) electrons. The fourth-order valence-electron chi connectivity index (χ4n) is 3.98. The summed E-state index contributed by atoms with van der Waals surface area (Å²) >= 11 is 0. The highest BCUT2D eigenvalue weighted by atomic mass is 19.3. The van der Waals surface area contributed by atoms with E-state index >= 15 is 0 Å². The molecular formula is C14H24F2N2. The molecule has 18 heavy (non-hydrogen) atoms. The van der Waals surface area contributed by atoms with E-state index in [1.54, 1.807) is 0 Å². The number of hydrogen-bond acceptors (Lipinski definition) is 2. The minimum Gasteiger partial charge on any atom is -0.310 e. The van der Waals surface area contributed by atoms with Crippen LogP contribution in [0.5, 0.6) is 0 Å². The first-order valence-electron chi connectivity index (χ1n) is 7.38. The second kappa shape index (κ2) is 4.41. The van der Waals surface area contributed by atoms with Crippen LogP contribution in [0.2, 0.25) is 0 Å². The van der Waals surface area contributed by atoms with Crippen LogP contribution in [0.15, 0.2) is 0 Å². The summed E-state index contributed by atoms with van der Waals surface area (Å²) in [4.78, 5) is 2.34. The fraction of sp³-hybridized carbons (Fsp3) is 1.00. The van der Waals surface area contributed by atoms with Crippen LogP contribution in [-0.2, 0) is 0 Å². The van der Waals surface area contributed by atoms with Crippen molar-refractivity contribution in [3.05, 3.63) is 0 Å². The van der Waals surface area contributed by atoms with Crippen molar-refractivity contribution in [3.63, 3.8) is 0 Å². The van der Waals surface area contributed by atoms with E-state index in [9.17, 15) is 8.78 Å². The summed E-state index contributed by atoms with van der Waals surface area (Å²) in [7, 11) is 0. The number of piperidine rings is 1. The van der Waals surface area contributed by atoms with Gasteiger partial charge in [-0.2, -0.15) is 0 Å². The predicted octanol–water partition coefficient (Wildman–Crippen LogP) is 2.49. The first-order chi connectivity index (χ1) is 8.50. The van der Waals surface area contributed by atoms with Gasteiger partial charge in [-0.1, -0.05) is 26.7 Å². The highest BCUT2D eigenvalue weighted by Gasteiger charge is 2.72. The first-order valence-corrected chi connectivity index (χ1v) is 7.38. The van der Waals surface area contributed by atoms with Gasteiger partial charge in [0.05, 0.1) is 0 Å². The Bertz CT molecular complexity index is 305. The number of hydrogen-bond donors (Lipinski definition) is 1. The van der Waals surface area contributed by atoms with Gasteiger partial charge in [-0.15, -0.1) is 0 Å². The van der Waals surface area contributed by atoms with Gasteiger partial charge in [0.2, 0.25) is 0 Å². The molecule has 2 aliphatic carbocycles. The lowest BCUT2D eigenvalue weighted by molar-refractivity contribution is 0.0317. The van der Waals surface area contributed by atoms with Gasteiger partial charge in [0.15, 0.2) is 0 Å². The minimum atomic E-state index is -2.34. The van der Waals surface area contributed by atoms with Gasteiger partial charge in [0.25, 0.3) is 5.92 Å². The van der Waals surface area contributed by atoms with Crippen molar-refractivity contribution in [3.8, 4) is 0 Å². The molecular weight excluding hydrogens is 234 g/mol. The summed E-state index contributed by atoms with van der Waals surface area (Å²) in [6, 6.07) is 1.48. The van der Waals surface area contributed by atoms with Crippen molar-refractivity contribution in [1.29, 1.82) is 0 Å². The Hall–Kier alpha value is -0.220. The molecule has 3 fully saturated rings. The van der Waals surface area contributed by atoms with Crippen molar-refractivity contribution in [2.75, 3.05) is 13.1 Å². The van der Waals surface area contributed by atoms with E-state index in [1.165, 1.54) is 25.7 Å². The van der Waals surface area contributed by atoms with Gasteiger partial charge in [0, 0.05) is 43.1 Å². The monoisotopic (exact) mass is 258 g/mol. The van der Waals surface area contributed by atoms with Crippen LogP contribution in [0.3, 0.4) is 0 Å². The average molecular weight is 258 g/mol. The molecule has 0 amide bonds. The number of alkyl halides is 2. The molecule has 104 valence electrons. The summed E-state index contributed by atoms with van der Waals surface area (Å²) in [5.74, 6) is -3.01. The minimum absolute atomic E-state index is 0.334. The second-order valence-corrected chi connectivity index (χ2v) is 6.62. The standard InChI is InChI=1S/C14H24F2N2/c1-9(2)17-12-5-3-4-6-13(12)18-7-10-11(8-18)14(10,15)16/h9-13,17H,3-8H2,1-2H3/t10?,11?,12-,13-/m1/s1. The van der Waals surface area contributed by atoms with E-state index in [0.29, 0.717) is 31.2 Å². The van der Waals surface area contributed by atoms with Crippen LogP contribution in [0, 0.1) is 11.8 Å². The molecule has 3 rings (SSSR count). The zero-order valence-corrected chi connectivity index (χ0v) is 11.3. The lowest BCUT2D eigenvalue weighted by Crippen LogP contribution is -2.53. The smallest absolute Gasteiger partial charge is 0.257 e. The zero-order valence-electron chi connectivity index (χ0n) is 11.3. The van der Waals surface area contributed by atoms with E-state index in [1.807, 2.05) is 0 Å². The Morgan fingerprint density at radius 2 is 1.72 bits per heavy atom. The normalized spacial score (nSPS) is 43.2. The molecule has 0 spiro atoms. The summed E-state index contributed by atoms with van der Waals surface area (Å²) in [5, 5.41) is 3.63. The third-order valence-corrected chi connectivity index (χ3v) is 4.97. The lowest BCUT2D eigenvalue weighted by atomic mass is 9.88. The van der Waals surface area contributed by atoms with Crippen molar-refractivity contribution in [2.24, 2.45) is 11.8 Å². The highest BCUT2D eigenvalue weighted by Crippen LogP contribution is 2.59. The van der Waals surface area contributed by atoms with Crippen molar-refractivity contribution in [2.45, 2.75) is 63.6 Å². The number of halogens is 2. The first kappa shape index (κ1) is 12.8. The molecule has 0 aromatic carbocycles. The quantitative estimate of drug-likeness (QED) is 0.836. The van der Waals surface area contributed by atoms with Crippen LogP contribution in [0.4, 0.5) is 8.78 Å². The van der Waals surface area contributed by atoms with Crippen molar-refractivity contribution < 1.29 is 8.78 Å². The third-order valence-electron chi connectivity index (χ3n) is 4.97. The number of nitrogens with one attached hydrogen (secondary N) is 1. The molecule has 2 unspecified atom stereocenters. The maximum Gasteiger partial charge on any atom is 0.257 e. The molecule has 0 aromatic rings. The Morgan fingerprint density at radius 1 is 1.11 bits per heavy atom. The van der Waals surface area contributed by atoms with Crippen LogP contribution in [0.25, 0.3) is 0 Å². The van der Waals surface area contributed by atoms with Crippen LogP contribution in [-0.4, -0.2) is 42.0 Å². The molecule has 0 bridgehead atoms. The Morgan fingerprint density at radius 3 is 2.33 bits per heavy atom. The molecule has 2 nitrogen and oxygen atoms in total. The van der Waals surface area contributed by atoms with E-state index in [4.69, 9.17) is 0 Å². The Balaban J connectivity index is 1.61. The zero-order chi connectivity index (χ0) is 12.9. The molecule has 4 atom stereocenters. The molecule has 1 heterocycles. The van der Waals surface area contributed by atoms with Crippen molar-refractivity contribution >= 4 is 0 Å². The van der Waals surface area contributed by atoms with Crippen LogP contribution >= 0.6 is 0 Å². The van der Waals surface area contributed by atoms with E-state index in [-0.39, 0.29) is 11.8 Å². The summed E-state index contributed by atoms with van der Waals surface area (Å²) in [6.07, 6.45) is 4.90. The maximum absolute atomic E-state index is 13.2.